The number of urea groups is 1. The van der Waals surface area contributed by atoms with Crippen molar-refractivity contribution in [3.63, 3.8) is 0 Å². The molecule has 4 heterocycles. The van der Waals surface area contributed by atoms with Crippen molar-refractivity contribution >= 4 is 17.6 Å². The zero-order chi connectivity index (χ0) is 27.4. The highest BCUT2D eigenvalue weighted by atomic mass is 16.2. The van der Waals surface area contributed by atoms with E-state index in [1.165, 1.54) is 11.3 Å². The number of aryl methyl sites for hydroxylation is 5. The standard InChI is InChI=1S/C29H40N8O2/c1-22-30-23(2)37(32-22)15-4-6-24-8-10-26(11-9-24)34-16-12-25(13-17-34)31-29(39)36-20-18-35(19-21-36)28(38)27-7-5-14-33(27)3/h5,7-11,14,25H,4,6,12-13,15-21H2,1-3H3,(H,31,39). The number of hydrogen-bond acceptors (Lipinski definition) is 5. The van der Waals surface area contributed by atoms with Gasteiger partial charge in [-0.05, 0) is 69.4 Å². The summed E-state index contributed by atoms with van der Waals surface area (Å²) in [6, 6.07) is 12.8. The lowest BCUT2D eigenvalue weighted by molar-refractivity contribution is 0.0653. The van der Waals surface area contributed by atoms with Crippen LogP contribution in [0.15, 0.2) is 42.6 Å². The molecule has 5 rings (SSSR count). The first-order valence-electron chi connectivity index (χ1n) is 14.1. The molecule has 0 unspecified atom stereocenters. The molecule has 208 valence electrons. The first kappa shape index (κ1) is 26.8. The first-order valence-corrected chi connectivity index (χ1v) is 14.1. The molecule has 10 nitrogen and oxygen atoms in total. The molecule has 2 aliphatic heterocycles. The number of nitrogens with zero attached hydrogens (tertiary/aromatic N) is 7. The summed E-state index contributed by atoms with van der Waals surface area (Å²) in [7, 11) is 1.88. The first-order chi connectivity index (χ1) is 18.9. The van der Waals surface area contributed by atoms with E-state index in [1.807, 2.05) is 58.3 Å². The van der Waals surface area contributed by atoms with Gasteiger partial charge < -0.3 is 24.6 Å². The second-order valence-corrected chi connectivity index (χ2v) is 10.7. The van der Waals surface area contributed by atoms with E-state index in [9.17, 15) is 9.59 Å². The number of piperidine rings is 1. The third-order valence-electron chi connectivity index (χ3n) is 7.94. The van der Waals surface area contributed by atoms with Gasteiger partial charge in [0.25, 0.3) is 5.91 Å². The highest BCUT2D eigenvalue weighted by Gasteiger charge is 2.28. The summed E-state index contributed by atoms with van der Waals surface area (Å²) in [6.45, 7) is 8.91. The number of benzene rings is 1. The van der Waals surface area contributed by atoms with Gasteiger partial charge in [0.15, 0.2) is 0 Å². The summed E-state index contributed by atoms with van der Waals surface area (Å²) in [5, 5.41) is 7.68. The molecule has 10 heteroatoms. The largest absolute Gasteiger partial charge is 0.371 e. The third-order valence-corrected chi connectivity index (χ3v) is 7.94. The zero-order valence-corrected chi connectivity index (χ0v) is 23.3. The highest BCUT2D eigenvalue weighted by Crippen LogP contribution is 2.21. The molecule has 3 amide bonds. The second-order valence-electron chi connectivity index (χ2n) is 10.7. The molecule has 0 atom stereocenters. The molecule has 3 aromatic rings. The molecule has 0 radical (unpaired) electrons. The van der Waals surface area contributed by atoms with Crippen LogP contribution in [-0.2, 0) is 20.0 Å². The van der Waals surface area contributed by atoms with Crippen LogP contribution < -0.4 is 10.2 Å². The fourth-order valence-corrected chi connectivity index (χ4v) is 5.59. The summed E-state index contributed by atoms with van der Waals surface area (Å²) in [5.41, 5.74) is 3.26. The molecule has 1 N–H and O–H groups in total. The predicted molar refractivity (Wildman–Crippen MR) is 151 cm³/mol. The topological polar surface area (TPSA) is 91.5 Å². The normalized spacial score (nSPS) is 16.5. The van der Waals surface area contributed by atoms with Gasteiger partial charge in [0.1, 0.15) is 17.3 Å². The van der Waals surface area contributed by atoms with E-state index in [1.54, 1.807) is 0 Å². The Balaban J connectivity index is 1.02. The van der Waals surface area contributed by atoms with Crippen molar-refractivity contribution in [2.24, 2.45) is 7.05 Å². The minimum absolute atomic E-state index is 0.0139. The van der Waals surface area contributed by atoms with Crippen LogP contribution in [0.2, 0.25) is 0 Å². The average molecular weight is 533 g/mol. The van der Waals surface area contributed by atoms with Crippen LogP contribution in [0, 0.1) is 13.8 Å². The molecule has 2 saturated heterocycles. The van der Waals surface area contributed by atoms with Crippen LogP contribution >= 0.6 is 0 Å². The van der Waals surface area contributed by atoms with Crippen molar-refractivity contribution in [2.75, 3.05) is 44.2 Å². The zero-order valence-electron chi connectivity index (χ0n) is 23.3. The van der Waals surface area contributed by atoms with Gasteiger partial charge >= 0.3 is 6.03 Å². The highest BCUT2D eigenvalue weighted by molar-refractivity contribution is 5.93. The number of hydrogen-bond donors (Lipinski definition) is 1. The molecule has 0 saturated carbocycles. The number of anilines is 1. The smallest absolute Gasteiger partial charge is 0.317 e. The summed E-state index contributed by atoms with van der Waals surface area (Å²) in [4.78, 5) is 36.1. The Labute approximate surface area is 230 Å². The Hall–Kier alpha value is -3.82. The van der Waals surface area contributed by atoms with E-state index in [4.69, 9.17) is 0 Å². The van der Waals surface area contributed by atoms with Gasteiger partial charge in [-0.15, -0.1) is 0 Å². The van der Waals surface area contributed by atoms with E-state index in [-0.39, 0.29) is 18.0 Å². The Morgan fingerprint density at radius 1 is 0.949 bits per heavy atom. The monoisotopic (exact) mass is 532 g/mol. The summed E-state index contributed by atoms with van der Waals surface area (Å²) in [6.07, 6.45) is 5.78. The van der Waals surface area contributed by atoms with Crippen LogP contribution in [0.3, 0.4) is 0 Å². The van der Waals surface area contributed by atoms with Gasteiger partial charge in [-0.1, -0.05) is 12.1 Å². The number of aromatic nitrogens is 4. The number of carbonyl (C=O) groups is 2. The van der Waals surface area contributed by atoms with Crippen LogP contribution in [0.1, 0.15) is 47.0 Å². The molecule has 2 fully saturated rings. The van der Waals surface area contributed by atoms with E-state index in [0.717, 1.165) is 57.0 Å². The molecule has 0 bridgehead atoms. The lowest BCUT2D eigenvalue weighted by atomic mass is 10.0. The summed E-state index contributed by atoms with van der Waals surface area (Å²) < 4.78 is 3.82. The van der Waals surface area contributed by atoms with Gasteiger partial charge in [0.2, 0.25) is 0 Å². The third kappa shape index (κ3) is 6.43. The predicted octanol–water partition coefficient (Wildman–Crippen LogP) is 3.00. The summed E-state index contributed by atoms with van der Waals surface area (Å²) in [5.74, 6) is 1.83. The Bertz CT molecular complexity index is 1260. The lowest BCUT2D eigenvalue weighted by Gasteiger charge is -2.37. The minimum Gasteiger partial charge on any atom is -0.371 e. The van der Waals surface area contributed by atoms with Crippen molar-refractivity contribution in [1.29, 1.82) is 0 Å². The van der Waals surface area contributed by atoms with E-state index in [2.05, 4.69) is 44.6 Å². The molecular weight excluding hydrogens is 492 g/mol. The number of rotatable bonds is 7. The summed E-state index contributed by atoms with van der Waals surface area (Å²) >= 11 is 0. The van der Waals surface area contributed by atoms with Crippen molar-refractivity contribution in [3.05, 3.63) is 65.5 Å². The minimum atomic E-state index is -0.0139. The lowest BCUT2D eigenvalue weighted by Crippen LogP contribution is -2.55. The van der Waals surface area contributed by atoms with E-state index >= 15 is 0 Å². The van der Waals surface area contributed by atoms with Gasteiger partial charge in [-0.2, -0.15) is 5.10 Å². The molecule has 39 heavy (non-hydrogen) atoms. The Kier molecular flexibility index (Phi) is 8.18. The average Bonchev–Trinajstić information content (AvgIpc) is 3.52. The van der Waals surface area contributed by atoms with Gasteiger partial charge in [0.05, 0.1) is 0 Å². The van der Waals surface area contributed by atoms with Crippen LogP contribution in [0.25, 0.3) is 0 Å². The number of carbonyl (C=O) groups excluding carboxylic acids is 2. The van der Waals surface area contributed by atoms with Crippen LogP contribution in [0.4, 0.5) is 10.5 Å². The molecule has 2 aliphatic rings. The van der Waals surface area contributed by atoms with E-state index in [0.29, 0.717) is 31.9 Å². The molecule has 1 aromatic carbocycles. The fraction of sp³-hybridized carbons (Fsp3) is 0.517. The Morgan fingerprint density at radius 3 is 2.26 bits per heavy atom. The molecular formula is C29H40N8O2. The maximum atomic E-state index is 12.9. The molecule has 0 spiro atoms. The second kappa shape index (κ2) is 11.9. The molecule has 0 aliphatic carbocycles. The van der Waals surface area contributed by atoms with Gasteiger partial charge in [0, 0.05) is 70.8 Å². The number of piperazine rings is 1. The SMILES string of the molecule is Cc1nc(C)n(CCCc2ccc(N3CCC(NC(=O)N4CCN(C(=O)c5cccn5C)CC4)CC3)cc2)n1. The maximum Gasteiger partial charge on any atom is 0.317 e. The quantitative estimate of drug-likeness (QED) is 0.505. The van der Waals surface area contributed by atoms with E-state index < -0.39 is 0 Å². The van der Waals surface area contributed by atoms with Crippen molar-refractivity contribution < 1.29 is 9.59 Å². The fourth-order valence-electron chi connectivity index (χ4n) is 5.59. The number of amides is 3. The van der Waals surface area contributed by atoms with Crippen molar-refractivity contribution in [3.8, 4) is 0 Å². The van der Waals surface area contributed by atoms with Crippen molar-refractivity contribution in [2.45, 2.75) is 52.1 Å². The van der Waals surface area contributed by atoms with Gasteiger partial charge in [-0.25, -0.2) is 9.78 Å². The molecule has 2 aromatic heterocycles. The number of nitrogens with one attached hydrogen (secondary N) is 1. The maximum absolute atomic E-state index is 12.9. The van der Waals surface area contributed by atoms with Crippen molar-refractivity contribution in [1.82, 2.24) is 34.4 Å². The van der Waals surface area contributed by atoms with Crippen LogP contribution in [0.5, 0.6) is 0 Å². The van der Waals surface area contributed by atoms with Crippen LogP contribution in [-0.4, -0.2) is 86.4 Å². The Morgan fingerprint density at radius 2 is 1.64 bits per heavy atom. The van der Waals surface area contributed by atoms with Gasteiger partial charge in [-0.3, -0.25) is 9.48 Å².